The van der Waals surface area contributed by atoms with Crippen molar-refractivity contribution in [3.05, 3.63) is 51.5 Å². The van der Waals surface area contributed by atoms with Crippen molar-refractivity contribution < 1.29 is 14.6 Å². The van der Waals surface area contributed by atoms with Crippen molar-refractivity contribution in [3.63, 3.8) is 0 Å². The van der Waals surface area contributed by atoms with Crippen LogP contribution >= 0.6 is 23.2 Å². The number of halogens is 2. The molecule has 1 atom stereocenters. The van der Waals surface area contributed by atoms with Gasteiger partial charge in [-0.2, -0.15) is 0 Å². The Morgan fingerprint density at radius 1 is 1.30 bits per heavy atom. The zero-order valence-corrected chi connectivity index (χ0v) is 16.9. The molecule has 0 aliphatic heterocycles. The van der Waals surface area contributed by atoms with Crippen molar-refractivity contribution in [2.24, 2.45) is 0 Å². The molecule has 0 aliphatic rings. The molecule has 0 fully saturated rings. The van der Waals surface area contributed by atoms with Crippen LogP contribution in [0, 0.1) is 6.92 Å². The van der Waals surface area contributed by atoms with E-state index in [-0.39, 0.29) is 12.5 Å². The van der Waals surface area contributed by atoms with E-state index < -0.39 is 5.97 Å². The highest BCUT2D eigenvalue weighted by Crippen LogP contribution is 2.31. The number of rotatable bonds is 9. The van der Waals surface area contributed by atoms with Crippen molar-refractivity contribution >= 4 is 40.5 Å². The standard InChI is InChI=1S/C20H24Cl2N2O3/c1-3-15(6-7-19(25)26)27-16-8-12(2)20(23)18(10-16)24-11-13-4-5-14(21)9-17(13)22/h4-5,8-10,15,24H,3,6-7,11,23H2,1-2H3,(H,25,26). The van der Waals surface area contributed by atoms with Gasteiger partial charge >= 0.3 is 5.97 Å². The molecule has 0 radical (unpaired) electrons. The Morgan fingerprint density at radius 3 is 2.67 bits per heavy atom. The monoisotopic (exact) mass is 410 g/mol. The van der Waals surface area contributed by atoms with E-state index in [2.05, 4.69) is 5.32 Å². The first-order valence-electron chi connectivity index (χ1n) is 8.76. The largest absolute Gasteiger partial charge is 0.490 e. The summed E-state index contributed by atoms with van der Waals surface area (Å²) in [5.74, 6) is -0.170. The number of carbonyl (C=O) groups is 1. The fourth-order valence-corrected chi connectivity index (χ4v) is 3.13. The quantitative estimate of drug-likeness (QED) is 0.473. The van der Waals surface area contributed by atoms with Crippen LogP contribution in [-0.2, 0) is 11.3 Å². The lowest BCUT2D eigenvalue weighted by Crippen LogP contribution is -2.17. The van der Waals surface area contributed by atoms with E-state index in [0.717, 1.165) is 23.2 Å². The molecule has 0 saturated heterocycles. The van der Waals surface area contributed by atoms with Crippen LogP contribution < -0.4 is 15.8 Å². The summed E-state index contributed by atoms with van der Waals surface area (Å²) in [4.78, 5) is 10.8. The maximum atomic E-state index is 10.8. The smallest absolute Gasteiger partial charge is 0.303 e. The van der Waals surface area contributed by atoms with Crippen LogP contribution in [0.3, 0.4) is 0 Å². The Bertz CT molecular complexity index is 812. The van der Waals surface area contributed by atoms with Crippen molar-refractivity contribution in [2.45, 2.75) is 45.8 Å². The SMILES string of the molecule is CCC(CCC(=O)O)Oc1cc(C)c(N)c(NCc2ccc(Cl)cc2Cl)c1. The summed E-state index contributed by atoms with van der Waals surface area (Å²) in [6, 6.07) is 9.03. The molecule has 0 spiro atoms. The summed E-state index contributed by atoms with van der Waals surface area (Å²) in [7, 11) is 0. The molecule has 1 unspecified atom stereocenters. The fraction of sp³-hybridized carbons (Fsp3) is 0.350. The lowest BCUT2D eigenvalue weighted by Gasteiger charge is -2.20. The summed E-state index contributed by atoms with van der Waals surface area (Å²) >= 11 is 12.1. The van der Waals surface area contributed by atoms with Gasteiger partial charge in [0.05, 0.1) is 17.5 Å². The van der Waals surface area contributed by atoms with Gasteiger partial charge < -0.3 is 20.9 Å². The van der Waals surface area contributed by atoms with Gasteiger partial charge in [-0.3, -0.25) is 4.79 Å². The highest BCUT2D eigenvalue weighted by Gasteiger charge is 2.13. The zero-order chi connectivity index (χ0) is 20.0. The molecule has 0 bridgehead atoms. The number of nitrogens with two attached hydrogens (primary N) is 1. The van der Waals surface area contributed by atoms with Gasteiger partial charge in [0.25, 0.3) is 0 Å². The molecule has 5 nitrogen and oxygen atoms in total. The molecule has 0 saturated carbocycles. The van der Waals surface area contributed by atoms with E-state index in [0.29, 0.717) is 34.4 Å². The van der Waals surface area contributed by atoms with Crippen molar-refractivity contribution in [1.29, 1.82) is 0 Å². The van der Waals surface area contributed by atoms with Crippen LogP contribution in [0.25, 0.3) is 0 Å². The predicted molar refractivity (Wildman–Crippen MR) is 111 cm³/mol. The normalized spacial score (nSPS) is 11.9. The van der Waals surface area contributed by atoms with E-state index in [1.54, 1.807) is 12.1 Å². The van der Waals surface area contributed by atoms with E-state index in [1.165, 1.54) is 0 Å². The number of hydrogen-bond acceptors (Lipinski definition) is 4. The first-order chi connectivity index (χ1) is 12.8. The van der Waals surface area contributed by atoms with Gasteiger partial charge in [0.2, 0.25) is 0 Å². The van der Waals surface area contributed by atoms with Crippen LogP contribution in [0.2, 0.25) is 10.0 Å². The van der Waals surface area contributed by atoms with Crippen LogP contribution in [0.5, 0.6) is 5.75 Å². The maximum Gasteiger partial charge on any atom is 0.303 e. The average molecular weight is 411 g/mol. The van der Waals surface area contributed by atoms with Gasteiger partial charge in [-0.05, 0) is 49.1 Å². The topological polar surface area (TPSA) is 84.6 Å². The van der Waals surface area contributed by atoms with Crippen LogP contribution in [0.1, 0.15) is 37.3 Å². The Balaban J connectivity index is 2.13. The summed E-state index contributed by atoms with van der Waals surface area (Å²) < 4.78 is 5.98. The first-order valence-corrected chi connectivity index (χ1v) is 9.52. The van der Waals surface area contributed by atoms with Crippen LogP contribution in [-0.4, -0.2) is 17.2 Å². The average Bonchev–Trinajstić information content (AvgIpc) is 2.61. The number of nitrogen functional groups attached to an aromatic ring is 1. The first kappa shape index (κ1) is 21.2. The summed E-state index contributed by atoms with van der Waals surface area (Å²) in [5.41, 5.74) is 9.34. The Kier molecular flexibility index (Phi) is 7.63. The Hall–Kier alpha value is -2.11. The number of nitrogens with one attached hydrogen (secondary N) is 1. The van der Waals surface area contributed by atoms with Gasteiger partial charge in [-0.1, -0.05) is 36.2 Å². The van der Waals surface area contributed by atoms with E-state index in [1.807, 2.05) is 32.0 Å². The third kappa shape index (κ3) is 6.22. The highest BCUT2D eigenvalue weighted by molar-refractivity contribution is 6.35. The molecular weight excluding hydrogens is 387 g/mol. The summed E-state index contributed by atoms with van der Waals surface area (Å²) in [6.45, 7) is 4.36. The summed E-state index contributed by atoms with van der Waals surface area (Å²) in [5, 5.41) is 13.3. The molecule has 0 aliphatic carbocycles. The van der Waals surface area contributed by atoms with E-state index >= 15 is 0 Å². The van der Waals surface area contributed by atoms with Gasteiger partial charge in [-0.25, -0.2) is 0 Å². The van der Waals surface area contributed by atoms with Gasteiger partial charge in [0.1, 0.15) is 5.75 Å². The minimum Gasteiger partial charge on any atom is -0.490 e. The molecule has 0 amide bonds. The number of carboxylic acid groups (broad SMARTS) is 1. The van der Waals surface area contributed by atoms with E-state index in [4.69, 9.17) is 38.8 Å². The second-order valence-electron chi connectivity index (χ2n) is 6.37. The van der Waals surface area contributed by atoms with E-state index in [9.17, 15) is 4.79 Å². The van der Waals surface area contributed by atoms with Crippen LogP contribution in [0.15, 0.2) is 30.3 Å². The van der Waals surface area contributed by atoms with Gasteiger partial charge in [0, 0.05) is 29.1 Å². The second kappa shape index (κ2) is 9.72. The molecule has 2 aromatic rings. The van der Waals surface area contributed by atoms with Crippen LogP contribution in [0.4, 0.5) is 11.4 Å². The molecule has 0 aromatic heterocycles. The number of ether oxygens (including phenoxy) is 1. The Labute approximate surface area is 169 Å². The fourth-order valence-electron chi connectivity index (χ4n) is 2.66. The predicted octanol–water partition coefficient (Wildman–Crippen LogP) is 5.52. The van der Waals surface area contributed by atoms with Crippen molar-refractivity contribution in [2.75, 3.05) is 11.1 Å². The lowest BCUT2D eigenvalue weighted by atomic mass is 10.1. The maximum absolute atomic E-state index is 10.8. The van der Waals surface area contributed by atoms with Crippen molar-refractivity contribution in [3.8, 4) is 5.75 Å². The summed E-state index contributed by atoms with van der Waals surface area (Å²) in [6.07, 6.45) is 1.09. The molecule has 7 heteroatoms. The van der Waals surface area contributed by atoms with Gasteiger partial charge in [0.15, 0.2) is 0 Å². The molecule has 2 rings (SSSR count). The van der Waals surface area contributed by atoms with Crippen molar-refractivity contribution in [1.82, 2.24) is 0 Å². The lowest BCUT2D eigenvalue weighted by molar-refractivity contribution is -0.137. The molecule has 4 N–H and O–H groups in total. The molecule has 2 aromatic carbocycles. The number of anilines is 2. The third-order valence-electron chi connectivity index (χ3n) is 4.28. The minimum atomic E-state index is -0.826. The number of carboxylic acids is 1. The third-order valence-corrected chi connectivity index (χ3v) is 4.87. The second-order valence-corrected chi connectivity index (χ2v) is 7.21. The Morgan fingerprint density at radius 2 is 2.04 bits per heavy atom. The number of aliphatic carboxylic acids is 1. The molecule has 0 heterocycles. The number of hydrogen-bond donors (Lipinski definition) is 3. The molecular formula is C20H24Cl2N2O3. The molecule has 27 heavy (non-hydrogen) atoms. The zero-order valence-electron chi connectivity index (χ0n) is 15.4. The minimum absolute atomic E-state index is 0.0760. The highest BCUT2D eigenvalue weighted by atomic mass is 35.5. The van der Waals surface area contributed by atoms with Gasteiger partial charge in [-0.15, -0.1) is 0 Å². The number of aryl methyl sites for hydroxylation is 1. The molecule has 146 valence electrons. The number of benzene rings is 2.